The van der Waals surface area contributed by atoms with Crippen LogP contribution in [0.3, 0.4) is 0 Å². The van der Waals surface area contributed by atoms with E-state index in [0.717, 1.165) is 69.6 Å². The summed E-state index contributed by atoms with van der Waals surface area (Å²) in [6.07, 6.45) is 4.40. The molecule has 574 valence electrons. The Morgan fingerprint density at radius 3 is 1.13 bits per heavy atom. The lowest BCUT2D eigenvalue weighted by Gasteiger charge is -2.49. The van der Waals surface area contributed by atoms with Crippen molar-refractivity contribution in [2.24, 2.45) is 0 Å². The molecule has 2 aliphatic heterocycles. The third-order valence-corrected chi connectivity index (χ3v) is 19.6. The molecule has 10 rings (SSSR count). The number of hydrogen-bond acceptors (Lipinski definition) is 18. The third kappa shape index (κ3) is 25.4. The van der Waals surface area contributed by atoms with E-state index in [9.17, 15) is 0 Å². The van der Waals surface area contributed by atoms with E-state index in [-0.39, 0.29) is 65.9 Å². The number of rotatable bonds is 47. The first kappa shape index (κ1) is 81.2. The molecule has 18 nitrogen and oxygen atoms in total. The second kappa shape index (κ2) is 44.8. The van der Waals surface area contributed by atoms with E-state index in [2.05, 4.69) is 36.1 Å². The van der Waals surface area contributed by atoms with Gasteiger partial charge in [0, 0.05) is 24.8 Å². The van der Waals surface area contributed by atoms with Gasteiger partial charge < -0.3 is 80.7 Å². The van der Waals surface area contributed by atoms with Crippen molar-refractivity contribution in [3.05, 3.63) is 245 Å². The van der Waals surface area contributed by atoms with Crippen LogP contribution in [-0.2, 0) is 103 Å². The maximum Gasteiger partial charge on any atom is 0.306 e. The van der Waals surface area contributed by atoms with Gasteiger partial charge in [-0.25, -0.2) is 0 Å². The first-order chi connectivity index (χ1) is 52.6. The Kier molecular flexibility index (Phi) is 34.0. The molecule has 0 amide bonds. The number of unbranched alkanes of at least 4 members (excludes halogenated alkanes) is 12. The number of carbonyl (C=O) groups is 1. The van der Waals surface area contributed by atoms with Crippen molar-refractivity contribution in [3.63, 3.8) is 0 Å². The van der Waals surface area contributed by atoms with E-state index in [0.29, 0.717) is 35.2 Å². The van der Waals surface area contributed by atoms with E-state index < -0.39 is 67.4 Å². The molecule has 0 radical (unpaired) electrons. The molecule has 2 fully saturated rings. The lowest BCUT2D eigenvalue weighted by molar-refractivity contribution is -0.391. The van der Waals surface area contributed by atoms with Crippen molar-refractivity contribution in [2.75, 3.05) is 60.7 Å². The molecule has 8 aromatic carbocycles. The molecule has 0 aromatic heterocycles. The van der Waals surface area contributed by atoms with Crippen molar-refractivity contribution in [3.8, 4) is 28.7 Å². The fraction of sp³-hybridized carbons (Fsp3) is 0.449. The summed E-state index contributed by atoms with van der Waals surface area (Å²) in [4.78, 5) is 17.2. The molecule has 8 aromatic rings. The molecule has 0 spiro atoms. The fourth-order valence-electron chi connectivity index (χ4n) is 13.5. The standard InChI is InChI=1S/C89H111NO17/c1-8-9-10-11-12-13-14-15-16-17-18-19-32-41-81(91)106-87-85(102-61-68-42-48-73(49-43-68)90(2)72-39-30-23-31-40-72)83(100-59-66-35-26-21-27-36-66)80(64-98-57-71-47-53-76(94-5)78(55-71)96-7)105-89(87)107-88-86(103-62-69-44-50-74(92-3)51-45-69)84(101-60-67-37-28-22-29-38-67)82(99-58-65-33-24-20-25-34-65)79(104-88)63-97-56-70-46-52-75(93-4)77(54-70)95-6/h20-31,33-40,42-55,79-80,82-89H,8-19,32,41,56-64H2,1-7H3/t79-,80-,82-,83-,84+,85+,86-,87-,88-,89-/m1/s1. The highest BCUT2D eigenvalue weighted by Crippen LogP contribution is 2.39. The van der Waals surface area contributed by atoms with Crippen LogP contribution in [-0.4, -0.2) is 123 Å². The topological polar surface area (TPSA) is 168 Å². The number of carbonyl (C=O) groups excluding carboxylic acids is 1. The summed E-state index contributed by atoms with van der Waals surface area (Å²) < 4.78 is 107. The number of hydrogen-bond donors (Lipinski definition) is 0. The monoisotopic (exact) mass is 1470 g/mol. The van der Waals surface area contributed by atoms with E-state index in [1.807, 2.05) is 189 Å². The zero-order valence-corrected chi connectivity index (χ0v) is 63.6. The minimum Gasteiger partial charge on any atom is -0.497 e. The fourth-order valence-corrected chi connectivity index (χ4v) is 13.5. The van der Waals surface area contributed by atoms with Crippen molar-refractivity contribution in [1.29, 1.82) is 0 Å². The smallest absolute Gasteiger partial charge is 0.306 e. The molecule has 2 heterocycles. The molecule has 0 saturated carbocycles. The zero-order valence-electron chi connectivity index (χ0n) is 63.6. The Labute approximate surface area is 634 Å². The summed E-state index contributed by atoms with van der Waals surface area (Å²) in [5, 5.41) is 0. The van der Waals surface area contributed by atoms with Crippen LogP contribution in [0.15, 0.2) is 206 Å². The zero-order chi connectivity index (χ0) is 74.6. The molecule has 10 atom stereocenters. The van der Waals surface area contributed by atoms with Crippen molar-refractivity contribution in [1.82, 2.24) is 0 Å². The molecule has 0 N–H and O–H groups in total. The van der Waals surface area contributed by atoms with Crippen LogP contribution in [0.1, 0.15) is 136 Å². The van der Waals surface area contributed by atoms with E-state index >= 15 is 4.79 Å². The molecule has 2 saturated heterocycles. The quantitative estimate of drug-likeness (QED) is 0.0261. The molecule has 0 bridgehead atoms. The summed E-state index contributed by atoms with van der Waals surface area (Å²) >= 11 is 0. The number of methoxy groups -OCH3 is 5. The molecule has 0 aliphatic carbocycles. The number of ether oxygens (including phenoxy) is 16. The molecule has 0 unspecified atom stereocenters. The van der Waals surface area contributed by atoms with Crippen LogP contribution in [0.4, 0.5) is 11.4 Å². The Morgan fingerprint density at radius 2 is 0.701 bits per heavy atom. The Morgan fingerprint density at radius 1 is 0.346 bits per heavy atom. The molecular weight excluding hydrogens is 1350 g/mol. The average molecular weight is 1470 g/mol. The second-order valence-corrected chi connectivity index (χ2v) is 27.3. The van der Waals surface area contributed by atoms with Crippen molar-refractivity contribution in [2.45, 2.75) is 204 Å². The minimum absolute atomic E-state index is 0.0131. The SMILES string of the molecule is CCCCCCCCCCCCCCCC(=O)O[C@H]1[C@@H](O[C@H]2O[C@H](COCc3ccc(OC)c(OC)c3)[C@@H](OCc3ccccc3)[C@H](OCc3ccccc3)[C@H]2OCc2ccc(OC)cc2)O[C@H](COCc2ccc(OC)c(OC)c2)[C@@H](OCc2ccccc2)[C@@H]1OCc1ccc(N(C)c2ccccc2)cc1. The summed E-state index contributed by atoms with van der Waals surface area (Å²) in [5.74, 6) is 2.52. The predicted octanol–water partition coefficient (Wildman–Crippen LogP) is 18.0. The molecule has 18 heteroatoms. The Hall–Kier alpha value is -8.37. The number of nitrogens with zero attached hydrogens (tertiary/aromatic N) is 1. The molecule has 2 aliphatic rings. The second-order valence-electron chi connectivity index (χ2n) is 27.3. The normalized spacial score (nSPS) is 19.9. The lowest BCUT2D eigenvalue weighted by atomic mass is 9.96. The summed E-state index contributed by atoms with van der Waals surface area (Å²) in [6.45, 7) is 3.16. The first-order valence-corrected chi connectivity index (χ1v) is 38.1. The summed E-state index contributed by atoms with van der Waals surface area (Å²) in [7, 11) is 10.1. The minimum atomic E-state index is -1.44. The largest absolute Gasteiger partial charge is 0.497 e. The highest BCUT2D eigenvalue weighted by molar-refractivity contribution is 5.69. The lowest BCUT2D eigenvalue weighted by Crippen LogP contribution is -2.66. The van der Waals surface area contributed by atoms with Crippen LogP contribution < -0.4 is 28.6 Å². The van der Waals surface area contributed by atoms with Crippen LogP contribution in [0, 0.1) is 0 Å². The number of esters is 1. The first-order valence-electron chi connectivity index (χ1n) is 38.1. The van der Waals surface area contributed by atoms with Gasteiger partial charge in [0.15, 0.2) is 35.4 Å². The van der Waals surface area contributed by atoms with Crippen molar-refractivity contribution >= 4 is 17.3 Å². The summed E-state index contributed by atoms with van der Waals surface area (Å²) in [5.41, 5.74) is 8.11. The maximum atomic E-state index is 15.1. The van der Waals surface area contributed by atoms with Gasteiger partial charge in [-0.05, 0) is 106 Å². The van der Waals surface area contributed by atoms with Gasteiger partial charge in [0.2, 0.25) is 6.29 Å². The van der Waals surface area contributed by atoms with Gasteiger partial charge in [-0.2, -0.15) is 0 Å². The van der Waals surface area contributed by atoms with Crippen LogP contribution in [0.2, 0.25) is 0 Å². The van der Waals surface area contributed by atoms with Crippen LogP contribution in [0.5, 0.6) is 28.7 Å². The van der Waals surface area contributed by atoms with Gasteiger partial charge in [0.1, 0.15) is 48.5 Å². The molecular formula is C89H111NO17. The van der Waals surface area contributed by atoms with Gasteiger partial charge in [-0.15, -0.1) is 0 Å². The van der Waals surface area contributed by atoms with E-state index in [4.69, 9.17) is 75.8 Å². The molecule has 107 heavy (non-hydrogen) atoms. The van der Waals surface area contributed by atoms with Gasteiger partial charge in [-0.1, -0.05) is 230 Å². The Balaban J connectivity index is 1.04. The number of anilines is 2. The van der Waals surface area contributed by atoms with Crippen molar-refractivity contribution < 1.29 is 80.6 Å². The average Bonchev–Trinajstić information content (AvgIpc) is 0.769. The van der Waals surface area contributed by atoms with Crippen LogP contribution >= 0.6 is 0 Å². The maximum absolute atomic E-state index is 15.1. The van der Waals surface area contributed by atoms with Gasteiger partial charge in [0.05, 0.1) is 95.0 Å². The van der Waals surface area contributed by atoms with Gasteiger partial charge in [0.25, 0.3) is 0 Å². The predicted molar refractivity (Wildman–Crippen MR) is 413 cm³/mol. The van der Waals surface area contributed by atoms with Gasteiger partial charge >= 0.3 is 5.97 Å². The van der Waals surface area contributed by atoms with Crippen LogP contribution in [0.25, 0.3) is 0 Å². The summed E-state index contributed by atoms with van der Waals surface area (Å²) in [6, 6.07) is 67.2. The highest BCUT2D eigenvalue weighted by atomic mass is 16.8. The van der Waals surface area contributed by atoms with E-state index in [1.54, 1.807) is 35.5 Å². The third-order valence-electron chi connectivity index (χ3n) is 19.6. The number of benzene rings is 8. The van der Waals surface area contributed by atoms with Gasteiger partial charge in [-0.3, -0.25) is 4.79 Å². The van der Waals surface area contributed by atoms with E-state index in [1.165, 1.54) is 57.8 Å². The Bertz CT molecular complexity index is 3760. The number of para-hydroxylation sites is 1. The highest BCUT2D eigenvalue weighted by Gasteiger charge is 2.55.